The predicted molar refractivity (Wildman–Crippen MR) is 85.7 cm³/mol. The summed E-state index contributed by atoms with van der Waals surface area (Å²) >= 11 is 0. The molecule has 1 amide bonds. The number of ether oxygens (including phenoxy) is 2. The number of nitrogens with one attached hydrogen (secondary N) is 1. The van der Waals surface area contributed by atoms with Crippen molar-refractivity contribution in [3.8, 4) is 5.88 Å². The average Bonchev–Trinajstić information content (AvgIpc) is 2.98. The maximum atomic E-state index is 13.7. The van der Waals surface area contributed by atoms with Gasteiger partial charge < -0.3 is 14.8 Å². The molecule has 0 aliphatic carbocycles. The van der Waals surface area contributed by atoms with Crippen LogP contribution in [0.5, 0.6) is 5.88 Å². The van der Waals surface area contributed by atoms with Gasteiger partial charge in [0.05, 0.1) is 23.4 Å². The van der Waals surface area contributed by atoms with Gasteiger partial charge in [0.25, 0.3) is 11.8 Å². The normalized spacial score (nSPS) is 11.1. The van der Waals surface area contributed by atoms with Crippen LogP contribution in [0.1, 0.15) is 21.6 Å². The molecule has 142 valence electrons. The second-order valence-corrected chi connectivity index (χ2v) is 5.33. The lowest BCUT2D eigenvalue weighted by Crippen LogP contribution is -2.24. The summed E-state index contributed by atoms with van der Waals surface area (Å²) in [5, 5.41) is 11.0. The number of halogens is 3. The van der Waals surface area contributed by atoms with Gasteiger partial charge in [0.15, 0.2) is 5.82 Å². The van der Waals surface area contributed by atoms with Gasteiger partial charge in [0, 0.05) is 31.6 Å². The molecular weight excluding hydrogens is 367 g/mol. The molecule has 0 fully saturated rings. The van der Waals surface area contributed by atoms with Crippen molar-refractivity contribution in [2.75, 3.05) is 7.11 Å². The molecular formula is C16H14F3N5O3. The standard InChI is InChI=1S/C16H14F3N5O3/c1-26-8-12-10(13-3-2-4-22-24(13)23-12)7-20-14(25)9-5-11(17)15(21-6-9)27-16(18)19/h2-6,16H,7-8H2,1H3,(H,20,25). The summed E-state index contributed by atoms with van der Waals surface area (Å²) in [7, 11) is 1.51. The van der Waals surface area contributed by atoms with E-state index in [9.17, 15) is 18.0 Å². The van der Waals surface area contributed by atoms with E-state index in [4.69, 9.17) is 4.74 Å². The number of nitrogens with zero attached hydrogens (tertiary/aromatic N) is 4. The molecule has 0 bridgehead atoms. The SMILES string of the molecule is COCc1nn2ncccc2c1CNC(=O)c1cnc(OC(F)F)c(F)c1. The van der Waals surface area contributed by atoms with E-state index in [1.54, 1.807) is 18.3 Å². The van der Waals surface area contributed by atoms with Gasteiger partial charge in [0.2, 0.25) is 0 Å². The van der Waals surface area contributed by atoms with Crippen molar-refractivity contribution in [1.29, 1.82) is 0 Å². The zero-order chi connectivity index (χ0) is 19.4. The van der Waals surface area contributed by atoms with Crippen LogP contribution in [0.15, 0.2) is 30.6 Å². The lowest BCUT2D eigenvalue weighted by molar-refractivity contribution is -0.0553. The molecule has 0 saturated heterocycles. The first-order valence-corrected chi connectivity index (χ1v) is 7.69. The summed E-state index contributed by atoms with van der Waals surface area (Å²) in [5.74, 6) is -2.68. The molecule has 0 aromatic carbocycles. The highest BCUT2D eigenvalue weighted by Crippen LogP contribution is 2.18. The molecule has 3 rings (SSSR count). The molecule has 3 aromatic rings. The first kappa shape index (κ1) is 18.6. The van der Waals surface area contributed by atoms with Gasteiger partial charge in [-0.05, 0) is 18.2 Å². The van der Waals surface area contributed by atoms with Crippen molar-refractivity contribution in [3.63, 3.8) is 0 Å². The number of carbonyl (C=O) groups is 1. The largest absolute Gasteiger partial charge is 0.414 e. The van der Waals surface area contributed by atoms with Crippen LogP contribution in [-0.2, 0) is 17.9 Å². The van der Waals surface area contributed by atoms with Crippen molar-refractivity contribution in [2.45, 2.75) is 19.8 Å². The minimum atomic E-state index is -3.21. The van der Waals surface area contributed by atoms with Crippen molar-refractivity contribution in [3.05, 3.63) is 53.2 Å². The highest BCUT2D eigenvalue weighted by molar-refractivity contribution is 5.94. The first-order chi connectivity index (χ1) is 13.0. The van der Waals surface area contributed by atoms with Crippen LogP contribution in [0.4, 0.5) is 13.2 Å². The van der Waals surface area contributed by atoms with Crippen molar-refractivity contribution in [2.24, 2.45) is 0 Å². The van der Waals surface area contributed by atoms with Crippen molar-refractivity contribution < 1.29 is 27.4 Å². The quantitative estimate of drug-likeness (QED) is 0.673. The number of hydrogen-bond acceptors (Lipinski definition) is 6. The second-order valence-electron chi connectivity index (χ2n) is 5.33. The molecule has 27 heavy (non-hydrogen) atoms. The van der Waals surface area contributed by atoms with E-state index in [1.165, 1.54) is 11.7 Å². The maximum absolute atomic E-state index is 13.7. The second kappa shape index (κ2) is 7.99. The Morgan fingerprint density at radius 1 is 1.41 bits per heavy atom. The molecule has 0 spiro atoms. The molecule has 8 nitrogen and oxygen atoms in total. The molecule has 0 radical (unpaired) electrons. The molecule has 0 aliphatic heterocycles. The Labute approximate surface area is 150 Å². The summed E-state index contributed by atoms with van der Waals surface area (Å²) in [5.41, 5.74) is 1.80. The topological polar surface area (TPSA) is 90.6 Å². The first-order valence-electron chi connectivity index (χ1n) is 7.69. The van der Waals surface area contributed by atoms with Crippen LogP contribution in [0.2, 0.25) is 0 Å². The molecule has 3 aromatic heterocycles. The maximum Gasteiger partial charge on any atom is 0.388 e. The minimum absolute atomic E-state index is 0.0730. The number of aromatic nitrogens is 4. The van der Waals surface area contributed by atoms with Gasteiger partial charge in [-0.25, -0.2) is 9.37 Å². The number of pyridine rings is 1. The number of rotatable bonds is 7. The number of alkyl halides is 2. The summed E-state index contributed by atoms with van der Waals surface area (Å²) in [6.45, 7) is -2.93. The van der Waals surface area contributed by atoms with Crippen molar-refractivity contribution >= 4 is 11.4 Å². The van der Waals surface area contributed by atoms with Crippen LogP contribution in [0, 0.1) is 5.82 Å². The molecule has 1 N–H and O–H groups in total. The Morgan fingerprint density at radius 3 is 2.93 bits per heavy atom. The van der Waals surface area contributed by atoms with E-state index in [0.29, 0.717) is 16.8 Å². The summed E-state index contributed by atoms with van der Waals surface area (Å²) in [6, 6.07) is 4.27. The summed E-state index contributed by atoms with van der Waals surface area (Å²) in [6.07, 6.45) is 2.51. The van der Waals surface area contributed by atoms with E-state index < -0.39 is 24.2 Å². The molecule has 0 unspecified atom stereocenters. The Morgan fingerprint density at radius 2 is 2.22 bits per heavy atom. The number of hydrogen-bond donors (Lipinski definition) is 1. The van der Waals surface area contributed by atoms with Crippen molar-refractivity contribution in [1.82, 2.24) is 25.1 Å². The average molecular weight is 381 g/mol. The van der Waals surface area contributed by atoms with Gasteiger partial charge in [-0.3, -0.25) is 4.79 Å². The van der Waals surface area contributed by atoms with Gasteiger partial charge in [-0.15, -0.1) is 0 Å². The zero-order valence-corrected chi connectivity index (χ0v) is 14.0. The number of fused-ring (bicyclic) bond motifs is 1. The van der Waals surface area contributed by atoms with Crippen LogP contribution >= 0.6 is 0 Å². The van der Waals surface area contributed by atoms with Gasteiger partial charge >= 0.3 is 6.61 Å². The third-order valence-corrected chi connectivity index (χ3v) is 3.58. The van der Waals surface area contributed by atoms with E-state index >= 15 is 0 Å². The molecule has 11 heteroatoms. The van der Waals surface area contributed by atoms with E-state index in [1.807, 2.05) is 0 Å². The van der Waals surface area contributed by atoms with E-state index in [0.717, 1.165) is 12.3 Å². The molecule has 0 aliphatic rings. The monoisotopic (exact) mass is 381 g/mol. The van der Waals surface area contributed by atoms with Gasteiger partial charge in [0.1, 0.15) is 0 Å². The number of carbonyl (C=O) groups excluding carboxylic acids is 1. The van der Waals surface area contributed by atoms with Crippen LogP contribution in [0.3, 0.4) is 0 Å². The fourth-order valence-corrected chi connectivity index (χ4v) is 2.42. The summed E-state index contributed by atoms with van der Waals surface area (Å²) in [4.78, 5) is 15.6. The Kier molecular flexibility index (Phi) is 5.50. The van der Waals surface area contributed by atoms with Crippen LogP contribution < -0.4 is 10.1 Å². The fourth-order valence-electron chi connectivity index (χ4n) is 2.42. The lowest BCUT2D eigenvalue weighted by Gasteiger charge is -2.08. The number of methoxy groups -OCH3 is 1. The summed E-state index contributed by atoms with van der Waals surface area (Å²) < 4.78 is 48.4. The highest BCUT2D eigenvalue weighted by Gasteiger charge is 2.17. The van der Waals surface area contributed by atoms with E-state index in [2.05, 4.69) is 25.2 Å². The predicted octanol–water partition coefficient (Wildman–Crippen LogP) is 1.94. The highest BCUT2D eigenvalue weighted by atomic mass is 19.3. The fraction of sp³-hybridized carbons (Fsp3) is 0.250. The Bertz CT molecular complexity index is 964. The van der Waals surface area contributed by atoms with Crippen LogP contribution in [0.25, 0.3) is 5.52 Å². The number of amides is 1. The molecule has 0 saturated carbocycles. The zero-order valence-electron chi connectivity index (χ0n) is 14.0. The molecule has 0 atom stereocenters. The Balaban J connectivity index is 1.77. The van der Waals surface area contributed by atoms with Gasteiger partial charge in [-0.1, -0.05) is 0 Å². The van der Waals surface area contributed by atoms with Gasteiger partial charge in [-0.2, -0.15) is 23.6 Å². The van der Waals surface area contributed by atoms with Crippen LogP contribution in [-0.4, -0.2) is 39.4 Å². The third kappa shape index (κ3) is 4.14. The molecule has 3 heterocycles. The lowest BCUT2D eigenvalue weighted by atomic mass is 10.2. The van der Waals surface area contributed by atoms with E-state index in [-0.39, 0.29) is 18.7 Å². The third-order valence-electron chi connectivity index (χ3n) is 3.58. The minimum Gasteiger partial charge on any atom is -0.414 e. The smallest absolute Gasteiger partial charge is 0.388 e. The Hall–Kier alpha value is -3.21.